The lowest BCUT2D eigenvalue weighted by atomic mass is 10.1. The van der Waals surface area contributed by atoms with Gasteiger partial charge in [0, 0.05) is 41.5 Å². The van der Waals surface area contributed by atoms with Gasteiger partial charge in [-0.1, -0.05) is 11.6 Å². The highest BCUT2D eigenvalue weighted by molar-refractivity contribution is 6.32. The summed E-state index contributed by atoms with van der Waals surface area (Å²) < 4.78 is 9.83. The number of nitrogens with one attached hydrogen (secondary N) is 2. The minimum absolute atomic E-state index is 0. The summed E-state index contributed by atoms with van der Waals surface area (Å²) in [6.07, 6.45) is 5.42. The van der Waals surface area contributed by atoms with Crippen molar-refractivity contribution in [1.82, 2.24) is 34.7 Å². The van der Waals surface area contributed by atoms with E-state index in [1.54, 1.807) is 18.4 Å². The topological polar surface area (TPSA) is 106 Å². The first-order chi connectivity index (χ1) is 17.3. The Morgan fingerprint density at radius 3 is 2.81 bits per heavy atom. The van der Waals surface area contributed by atoms with Crippen LogP contribution >= 0.6 is 24.0 Å². The lowest BCUT2D eigenvalue weighted by Crippen LogP contribution is -2.40. The number of nitrogens with zero attached hydrogens (tertiary/aromatic N) is 5. The van der Waals surface area contributed by atoms with Crippen molar-refractivity contribution in [1.29, 1.82) is 0 Å². The van der Waals surface area contributed by atoms with Gasteiger partial charge in [0.2, 0.25) is 0 Å². The molecule has 2 fully saturated rings. The van der Waals surface area contributed by atoms with E-state index in [0.29, 0.717) is 23.9 Å². The molecule has 0 spiro atoms. The number of hydrogen-bond acceptors (Lipinski definition) is 6. The van der Waals surface area contributed by atoms with Crippen molar-refractivity contribution in [2.45, 2.75) is 38.6 Å². The smallest absolute Gasteiger partial charge is 0.325 e. The molecule has 2 aliphatic heterocycles. The van der Waals surface area contributed by atoms with Crippen LogP contribution in [0.25, 0.3) is 27.7 Å². The van der Waals surface area contributed by atoms with E-state index in [9.17, 15) is 9.59 Å². The lowest BCUT2D eigenvalue weighted by molar-refractivity contribution is -0.130. The third-order valence-electron chi connectivity index (χ3n) is 6.73. The largest absolute Gasteiger partial charge is 0.374 e. The maximum absolute atomic E-state index is 12.7. The van der Waals surface area contributed by atoms with Gasteiger partial charge in [-0.3, -0.25) is 9.69 Å². The Morgan fingerprint density at radius 1 is 1.24 bits per heavy atom. The van der Waals surface area contributed by atoms with Crippen LogP contribution < -0.4 is 10.6 Å². The summed E-state index contributed by atoms with van der Waals surface area (Å²) in [6, 6.07) is 7.41. The molecule has 5 heterocycles. The van der Waals surface area contributed by atoms with Gasteiger partial charge < -0.3 is 19.9 Å². The molecule has 4 aromatic rings. The number of halogens is 2. The van der Waals surface area contributed by atoms with Crippen LogP contribution in [-0.4, -0.2) is 67.3 Å². The Morgan fingerprint density at radius 2 is 2.08 bits per heavy atom. The molecule has 2 saturated heterocycles. The van der Waals surface area contributed by atoms with Crippen molar-refractivity contribution in [2.24, 2.45) is 0 Å². The number of hydrogen-bond donors (Lipinski definition) is 2. The monoisotopic (exact) mass is 543 g/mol. The average Bonchev–Trinajstić information content (AvgIpc) is 3.50. The molecule has 37 heavy (non-hydrogen) atoms. The van der Waals surface area contributed by atoms with E-state index in [2.05, 4.69) is 25.3 Å². The molecule has 194 valence electrons. The van der Waals surface area contributed by atoms with Crippen LogP contribution in [0.4, 0.5) is 4.79 Å². The number of imide groups is 1. The number of urea groups is 1. The number of rotatable bonds is 5. The molecule has 2 aliphatic rings. The summed E-state index contributed by atoms with van der Waals surface area (Å²) in [6.45, 7) is 6.58. The molecular formula is C25H27Cl2N7O3. The highest BCUT2D eigenvalue weighted by atomic mass is 35.5. The Hall–Kier alpha value is -3.18. The quantitative estimate of drug-likeness (QED) is 0.374. The summed E-state index contributed by atoms with van der Waals surface area (Å²) in [5, 5.41) is 12.1. The van der Waals surface area contributed by atoms with Gasteiger partial charge in [0.15, 0.2) is 0 Å². The van der Waals surface area contributed by atoms with Crippen LogP contribution in [0.15, 0.2) is 43.0 Å². The van der Waals surface area contributed by atoms with Crippen molar-refractivity contribution < 1.29 is 14.3 Å². The summed E-state index contributed by atoms with van der Waals surface area (Å²) in [4.78, 5) is 30.9. The molecule has 10 nitrogen and oxygen atoms in total. The van der Waals surface area contributed by atoms with Crippen molar-refractivity contribution in [2.75, 3.05) is 19.7 Å². The second kappa shape index (κ2) is 9.60. The van der Waals surface area contributed by atoms with E-state index in [4.69, 9.17) is 16.3 Å². The van der Waals surface area contributed by atoms with Crippen molar-refractivity contribution in [3.63, 3.8) is 0 Å². The Kier molecular flexibility index (Phi) is 6.61. The van der Waals surface area contributed by atoms with E-state index >= 15 is 0 Å². The molecule has 6 rings (SSSR count). The minimum atomic E-state index is -0.920. The zero-order valence-electron chi connectivity index (χ0n) is 20.4. The highest BCUT2D eigenvalue weighted by Gasteiger charge is 2.44. The number of aromatic nitrogens is 4. The van der Waals surface area contributed by atoms with E-state index in [1.165, 1.54) is 11.2 Å². The van der Waals surface area contributed by atoms with Gasteiger partial charge in [0.05, 0.1) is 42.5 Å². The van der Waals surface area contributed by atoms with E-state index < -0.39 is 11.6 Å². The normalized spacial score (nSPS) is 19.4. The van der Waals surface area contributed by atoms with Gasteiger partial charge in [-0.15, -0.1) is 12.4 Å². The predicted molar refractivity (Wildman–Crippen MR) is 142 cm³/mol. The second-order valence-electron chi connectivity index (χ2n) is 9.79. The van der Waals surface area contributed by atoms with Crippen molar-refractivity contribution >= 4 is 52.4 Å². The first-order valence-corrected chi connectivity index (χ1v) is 12.3. The molecule has 0 saturated carbocycles. The van der Waals surface area contributed by atoms with Crippen molar-refractivity contribution in [3.8, 4) is 11.3 Å². The molecule has 1 aromatic carbocycles. The lowest BCUT2D eigenvalue weighted by Gasteiger charge is -2.24. The summed E-state index contributed by atoms with van der Waals surface area (Å²) in [5.74, 6) is -0.261. The van der Waals surface area contributed by atoms with Gasteiger partial charge in [-0.25, -0.2) is 14.3 Å². The van der Waals surface area contributed by atoms with Crippen LogP contribution in [0.5, 0.6) is 0 Å². The third kappa shape index (κ3) is 4.54. The molecule has 1 unspecified atom stereocenters. The summed E-state index contributed by atoms with van der Waals surface area (Å²) in [5.41, 5.74) is 3.20. The summed E-state index contributed by atoms with van der Waals surface area (Å²) in [7, 11) is 0. The van der Waals surface area contributed by atoms with Gasteiger partial charge >= 0.3 is 6.03 Å². The van der Waals surface area contributed by atoms with E-state index in [1.807, 2.05) is 36.7 Å². The van der Waals surface area contributed by atoms with Gasteiger partial charge in [0.1, 0.15) is 11.9 Å². The molecular weight excluding hydrogens is 517 g/mol. The molecule has 0 bridgehead atoms. The molecule has 12 heteroatoms. The van der Waals surface area contributed by atoms with E-state index in [-0.39, 0.29) is 31.0 Å². The first-order valence-electron chi connectivity index (χ1n) is 11.9. The number of ether oxygens (including phenoxy) is 1. The number of carbonyl (C=O) groups excluding carboxylic acids is 2. The van der Waals surface area contributed by atoms with Gasteiger partial charge in [0.25, 0.3) is 5.91 Å². The SMILES string of the molecule is CC1(C)NC(=O)N(Cc2cc3c(-c4cc(Cl)cc5ccn(CC6CNCCO6)c45)ncnn3c2)C1=O.Cl. The second-order valence-corrected chi connectivity index (χ2v) is 10.2. The molecule has 0 aliphatic carbocycles. The molecule has 0 radical (unpaired) electrons. The fourth-order valence-corrected chi connectivity index (χ4v) is 5.25. The third-order valence-corrected chi connectivity index (χ3v) is 6.95. The van der Waals surface area contributed by atoms with Crippen LogP contribution in [-0.2, 0) is 22.6 Å². The number of morpholine rings is 1. The van der Waals surface area contributed by atoms with Gasteiger partial charge in [-0.05, 0) is 43.7 Å². The number of fused-ring (bicyclic) bond motifs is 2. The molecule has 3 amide bonds. The number of carbonyl (C=O) groups is 2. The minimum Gasteiger partial charge on any atom is -0.374 e. The number of amides is 3. The maximum atomic E-state index is 12.7. The Bertz CT molecular complexity index is 1510. The van der Waals surface area contributed by atoms with Crippen LogP contribution in [0.2, 0.25) is 5.02 Å². The number of benzene rings is 1. The predicted octanol–water partition coefficient (Wildman–Crippen LogP) is 3.25. The van der Waals surface area contributed by atoms with Crippen LogP contribution in [0, 0.1) is 0 Å². The van der Waals surface area contributed by atoms with Crippen LogP contribution in [0.3, 0.4) is 0 Å². The molecule has 2 N–H and O–H groups in total. The zero-order chi connectivity index (χ0) is 25.0. The van der Waals surface area contributed by atoms with Crippen molar-refractivity contribution in [3.05, 3.63) is 53.6 Å². The zero-order valence-corrected chi connectivity index (χ0v) is 22.0. The van der Waals surface area contributed by atoms with Gasteiger partial charge in [-0.2, -0.15) is 5.10 Å². The summed E-state index contributed by atoms with van der Waals surface area (Å²) >= 11 is 6.52. The standard InChI is InChI=1S/C25H26ClN7O3.ClH/c1-25(2)23(34)32(24(35)30-25)11-15-7-20-21(28-14-29-33(20)12-15)19-9-17(26)8-16-3-5-31(22(16)19)13-18-10-27-4-6-36-18;/h3,5,7-9,12,14,18,27H,4,6,10-11,13H2,1-2H3,(H,30,35);1H. The fraction of sp³-hybridized carbons (Fsp3) is 0.360. The first kappa shape index (κ1) is 25.5. The average molecular weight is 544 g/mol. The Balaban J connectivity index is 0.00000280. The Labute approximate surface area is 224 Å². The molecule has 3 aromatic heterocycles. The fourth-order valence-electron chi connectivity index (χ4n) is 5.02. The molecule has 1 atom stereocenters. The highest BCUT2D eigenvalue weighted by Crippen LogP contribution is 2.34. The van der Waals surface area contributed by atoms with E-state index in [0.717, 1.165) is 40.6 Å². The maximum Gasteiger partial charge on any atom is 0.325 e. The van der Waals surface area contributed by atoms with Crippen LogP contribution in [0.1, 0.15) is 19.4 Å².